The Balaban J connectivity index is 1.54. The molecule has 1 unspecified atom stereocenters. The van der Waals surface area contributed by atoms with Crippen LogP contribution in [0.1, 0.15) is 44.6 Å². The summed E-state index contributed by atoms with van der Waals surface area (Å²) < 4.78 is 6.60. The number of dihydropyridines is 1. The van der Waals surface area contributed by atoms with Crippen molar-refractivity contribution in [2.75, 3.05) is 11.9 Å². The maximum absolute atomic E-state index is 13.6. The van der Waals surface area contributed by atoms with Crippen molar-refractivity contribution in [1.82, 2.24) is 10.3 Å². The average Bonchev–Trinajstić information content (AvgIpc) is 3.21. The molecule has 6 nitrogen and oxygen atoms in total. The van der Waals surface area contributed by atoms with Crippen LogP contribution in [0.2, 0.25) is 0 Å². The van der Waals surface area contributed by atoms with Crippen molar-refractivity contribution >= 4 is 38.4 Å². The van der Waals surface area contributed by atoms with Gasteiger partial charge in [-0.2, -0.15) is 0 Å². The quantitative estimate of drug-likeness (QED) is 0.541. The molecule has 2 N–H and O–H groups in total. The van der Waals surface area contributed by atoms with Crippen molar-refractivity contribution in [3.05, 3.63) is 76.6 Å². The summed E-state index contributed by atoms with van der Waals surface area (Å²) >= 11 is 1.44. The third-order valence-electron chi connectivity index (χ3n) is 6.06. The minimum absolute atomic E-state index is 0.0976. The number of nitrogens with zero attached hydrogens (tertiary/aromatic N) is 1. The highest BCUT2D eigenvalue weighted by Crippen LogP contribution is 2.43. The van der Waals surface area contributed by atoms with Gasteiger partial charge in [0.2, 0.25) is 0 Å². The number of rotatable bonds is 5. The molecule has 0 bridgehead atoms. The lowest BCUT2D eigenvalue weighted by molar-refractivity contribution is -0.116. The van der Waals surface area contributed by atoms with E-state index in [0.29, 0.717) is 29.3 Å². The number of amides is 1. The Morgan fingerprint density at radius 1 is 1.18 bits per heavy atom. The predicted molar refractivity (Wildman–Crippen MR) is 130 cm³/mol. The number of para-hydroxylation sites is 1. The summed E-state index contributed by atoms with van der Waals surface area (Å²) in [6, 6.07) is 15.5. The fourth-order valence-electron chi connectivity index (χ4n) is 4.63. The number of ether oxygens (including phenoxy) is 1. The zero-order valence-electron chi connectivity index (χ0n) is 18.6. The van der Waals surface area contributed by atoms with E-state index in [9.17, 15) is 9.59 Å². The molecule has 1 aliphatic heterocycles. The molecular weight excluding hydrogens is 434 g/mol. The van der Waals surface area contributed by atoms with Gasteiger partial charge >= 0.3 is 0 Å². The summed E-state index contributed by atoms with van der Waals surface area (Å²) in [5.41, 5.74) is 4.69. The highest BCUT2D eigenvalue weighted by Gasteiger charge is 2.38. The van der Waals surface area contributed by atoms with Gasteiger partial charge in [0.25, 0.3) is 5.91 Å². The van der Waals surface area contributed by atoms with Gasteiger partial charge in [-0.15, -0.1) is 0 Å². The molecule has 2 aromatic carbocycles. The Kier molecular flexibility index (Phi) is 5.72. The van der Waals surface area contributed by atoms with Crippen molar-refractivity contribution in [2.45, 2.75) is 39.0 Å². The first kappa shape index (κ1) is 21.4. The molecule has 0 radical (unpaired) electrons. The number of allylic oxidation sites excluding steroid dienone is 3. The van der Waals surface area contributed by atoms with E-state index in [2.05, 4.69) is 15.6 Å². The van der Waals surface area contributed by atoms with Crippen LogP contribution in [0.3, 0.4) is 0 Å². The van der Waals surface area contributed by atoms with Gasteiger partial charge in [0.15, 0.2) is 10.9 Å². The summed E-state index contributed by atoms with van der Waals surface area (Å²) in [5.74, 6) is 0.183. The van der Waals surface area contributed by atoms with Crippen LogP contribution in [0.15, 0.2) is 71.1 Å². The highest BCUT2D eigenvalue weighted by atomic mass is 32.1. The number of hydrogen-bond donors (Lipinski definition) is 2. The van der Waals surface area contributed by atoms with Crippen molar-refractivity contribution in [3.8, 4) is 5.75 Å². The van der Waals surface area contributed by atoms with Gasteiger partial charge in [-0.25, -0.2) is 4.98 Å². The fourth-order valence-corrected chi connectivity index (χ4v) is 5.49. The van der Waals surface area contributed by atoms with Gasteiger partial charge in [-0.1, -0.05) is 35.6 Å². The van der Waals surface area contributed by atoms with Crippen molar-refractivity contribution in [1.29, 1.82) is 0 Å². The predicted octanol–water partition coefficient (Wildman–Crippen LogP) is 5.30. The molecule has 0 saturated heterocycles. The molecule has 1 amide bonds. The fraction of sp³-hybridized carbons (Fsp3) is 0.269. The molecule has 0 spiro atoms. The van der Waals surface area contributed by atoms with Crippen LogP contribution in [0, 0.1) is 0 Å². The third-order valence-corrected chi connectivity index (χ3v) is 7.01. The number of thiazole rings is 1. The van der Waals surface area contributed by atoms with Crippen molar-refractivity contribution in [3.63, 3.8) is 0 Å². The number of carbonyl (C=O) groups excluding carboxylic acids is 2. The molecule has 2 aliphatic rings. The van der Waals surface area contributed by atoms with E-state index in [1.807, 2.05) is 62.4 Å². The summed E-state index contributed by atoms with van der Waals surface area (Å²) in [7, 11) is 0. The third kappa shape index (κ3) is 4.04. The van der Waals surface area contributed by atoms with Crippen LogP contribution < -0.4 is 15.4 Å². The number of benzene rings is 2. The molecule has 33 heavy (non-hydrogen) atoms. The Bertz CT molecular complexity index is 1270. The minimum atomic E-state index is -0.431. The van der Waals surface area contributed by atoms with Gasteiger partial charge in [-0.05, 0) is 56.5 Å². The average molecular weight is 460 g/mol. The first-order valence-corrected chi connectivity index (χ1v) is 12.0. The molecular formula is C26H25N3O3S. The summed E-state index contributed by atoms with van der Waals surface area (Å²) in [6.07, 6.45) is 2.12. The molecule has 3 aromatic rings. The van der Waals surface area contributed by atoms with E-state index in [-0.39, 0.29) is 11.7 Å². The Hall–Kier alpha value is -3.45. The molecule has 1 aromatic heterocycles. The van der Waals surface area contributed by atoms with Crippen molar-refractivity contribution < 1.29 is 14.3 Å². The monoisotopic (exact) mass is 459 g/mol. The summed E-state index contributed by atoms with van der Waals surface area (Å²) in [4.78, 5) is 31.2. The van der Waals surface area contributed by atoms with E-state index < -0.39 is 5.92 Å². The Morgan fingerprint density at radius 3 is 2.73 bits per heavy atom. The maximum Gasteiger partial charge on any atom is 0.256 e. The molecule has 5 rings (SSSR count). The molecule has 0 fully saturated rings. The number of nitrogens with one attached hydrogen (secondary N) is 2. The van der Waals surface area contributed by atoms with Gasteiger partial charge in [0.05, 0.1) is 16.8 Å². The minimum Gasteiger partial charge on any atom is -0.494 e. The molecule has 2 heterocycles. The van der Waals surface area contributed by atoms with Gasteiger partial charge in [0.1, 0.15) is 5.75 Å². The SMILES string of the molecule is CCOc1ccc(C2C(C(=O)Nc3nc4ccccc4s3)=C(C)NC3=C2C(=O)CCC3)cc1. The maximum atomic E-state index is 13.6. The van der Waals surface area contributed by atoms with Gasteiger partial charge in [0, 0.05) is 34.9 Å². The number of ketones is 1. The van der Waals surface area contributed by atoms with Crippen LogP contribution in [-0.4, -0.2) is 23.3 Å². The van der Waals surface area contributed by atoms with Crippen molar-refractivity contribution in [2.24, 2.45) is 0 Å². The van der Waals surface area contributed by atoms with Crippen LogP contribution >= 0.6 is 11.3 Å². The smallest absolute Gasteiger partial charge is 0.256 e. The topological polar surface area (TPSA) is 80.3 Å². The van der Waals surface area contributed by atoms with E-state index in [1.54, 1.807) is 0 Å². The van der Waals surface area contributed by atoms with Crippen LogP contribution in [0.4, 0.5) is 5.13 Å². The highest BCUT2D eigenvalue weighted by molar-refractivity contribution is 7.22. The number of carbonyl (C=O) groups is 2. The van der Waals surface area contributed by atoms with Crippen LogP contribution in [0.5, 0.6) is 5.75 Å². The number of anilines is 1. The van der Waals surface area contributed by atoms with E-state index in [4.69, 9.17) is 4.74 Å². The second-order valence-electron chi connectivity index (χ2n) is 8.21. The normalized spacial score (nSPS) is 18.2. The number of fused-ring (bicyclic) bond motifs is 1. The number of Topliss-reactive ketones (excluding diaryl/α,β-unsaturated/α-hetero) is 1. The lowest BCUT2D eigenvalue weighted by Gasteiger charge is -2.34. The van der Waals surface area contributed by atoms with Crippen LogP contribution in [0.25, 0.3) is 10.2 Å². The molecule has 7 heteroatoms. The van der Waals surface area contributed by atoms with Crippen LogP contribution in [-0.2, 0) is 9.59 Å². The largest absolute Gasteiger partial charge is 0.494 e. The summed E-state index contributed by atoms with van der Waals surface area (Å²) in [6.45, 7) is 4.42. The number of aromatic nitrogens is 1. The number of hydrogen-bond acceptors (Lipinski definition) is 6. The second kappa shape index (κ2) is 8.83. The lowest BCUT2D eigenvalue weighted by Crippen LogP contribution is -2.35. The Labute approximate surface area is 196 Å². The van der Waals surface area contributed by atoms with E-state index >= 15 is 0 Å². The molecule has 1 aliphatic carbocycles. The lowest BCUT2D eigenvalue weighted by atomic mass is 9.75. The zero-order chi connectivity index (χ0) is 22.9. The standard InChI is InChI=1S/C26H25N3O3S/c1-3-32-17-13-11-16(12-14-17)23-22(15(2)27-19-8-6-9-20(30)24(19)23)25(31)29-26-28-18-7-4-5-10-21(18)33-26/h4-5,7,10-14,23,27H,3,6,8-9H2,1-2H3,(H,28,29,31). The van der Waals surface area contributed by atoms with Gasteiger partial charge in [-0.3, -0.25) is 14.9 Å². The summed E-state index contributed by atoms with van der Waals surface area (Å²) in [5, 5.41) is 6.89. The van der Waals surface area contributed by atoms with E-state index in [0.717, 1.165) is 45.8 Å². The Morgan fingerprint density at radius 2 is 1.97 bits per heavy atom. The molecule has 0 saturated carbocycles. The first-order chi connectivity index (χ1) is 16.0. The molecule has 168 valence electrons. The van der Waals surface area contributed by atoms with E-state index in [1.165, 1.54) is 11.3 Å². The first-order valence-electron chi connectivity index (χ1n) is 11.2. The second-order valence-corrected chi connectivity index (χ2v) is 9.24. The molecule has 1 atom stereocenters. The zero-order valence-corrected chi connectivity index (χ0v) is 19.4. The van der Waals surface area contributed by atoms with Gasteiger partial charge < -0.3 is 10.1 Å².